The van der Waals surface area contributed by atoms with Crippen molar-refractivity contribution in [3.05, 3.63) is 72.9 Å². The summed E-state index contributed by atoms with van der Waals surface area (Å²) in [4.78, 5) is 34.8. The molecule has 1 unspecified atom stereocenters. The number of ether oxygens (including phenoxy) is 2. The number of rotatable bonds is 37. The van der Waals surface area contributed by atoms with Crippen molar-refractivity contribution < 1.29 is 37.6 Å². The van der Waals surface area contributed by atoms with Gasteiger partial charge in [-0.05, 0) is 77.0 Å². The molecule has 0 aromatic heterocycles. The van der Waals surface area contributed by atoms with Gasteiger partial charge in [-0.2, -0.15) is 0 Å². The lowest BCUT2D eigenvalue weighted by Gasteiger charge is -2.19. The van der Waals surface area contributed by atoms with Crippen molar-refractivity contribution >= 4 is 19.8 Å². The van der Waals surface area contributed by atoms with E-state index in [0.717, 1.165) is 83.5 Å². The molecule has 0 bridgehead atoms. The van der Waals surface area contributed by atoms with Crippen molar-refractivity contribution in [3.63, 3.8) is 0 Å². The predicted molar refractivity (Wildman–Crippen MR) is 219 cm³/mol. The zero-order chi connectivity index (χ0) is 38.9. The molecule has 10 heteroatoms. The highest BCUT2D eigenvalue weighted by Gasteiger charge is 2.25. The molecule has 0 radical (unpaired) electrons. The molecular weight excluding hydrogens is 689 g/mol. The van der Waals surface area contributed by atoms with Crippen LogP contribution in [0.2, 0.25) is 0 Å². The molecule has 9 nitrogen and oxygen atoms in total. The van der Waals surface area contributed by atoms with Crippen molar-refractivity contribution in [2.45, 2.75) is 161 Å². The van der Waals surface area contributed by atoms with Gasteiger partial charge in [0.15, 0.2) is 6.10 Å². The van der Waals surface area contributed by atoms with Gasteiger partial charge >= 0.3 is 19.8 Å². The zero-order valence-electron chi connectivity index (χ0n) is 33.2. The number of carbonyl (C=O) groups is 2. The van der Waals surface area contributed by atoms with Gasteiger partial charge in [-0.25, -0.2) is 4.57 Å². The number of esters is 2. The molecule has 0 saturated carbocycles. The van der Waals surface area contributed by atoms with E-state index in [-0.39, 0.29) is 32.6 Å². The Kier molecular flexibility index (Phi) is 37.3. The number of phosphoric acid groups is 1. The number of phosphoric ester groups is 1. The van der Waals surface area contributed by atoms with Gasteiger partial charge in [0, 0.05) is 19.4 Å². The molecule has 0 aliphatic carbocycles. The Morgan fingerprint density at radius 3 is 1.66 bits per heavy atom. The molecule has 0 aromatic carbocycles. The summed E-state index contributed by atoms with van der Waals surface area (Å²) in [5.74, 6) is -0.890. The van der Waals surface area contributed by atoms with Gasteiger partial charge < -0.3 is 20.1 Å². The molecule has 0 aliphatic rings. The maximum absolute atomic E-state index is 12.5. The van der Waals surface area contributed by atoms with Crippen molar-refractivity contribution in [3.8, 4) is 0 Å². The summed E-state index contributed by atoms with van der Waals surface area (Å²) in [6, 6.07) is 0. The second-order valence-corrected chi connectivity index (χ2v) is 14.6. The molecule has 0 rings (SSSR count). The Bertz CT molecular complexity index is 1100. The van der Waals surface area contributed by atoms with Crippen LogP contribution < -0.4 is 5.73 Å². The SMILES string of the molecule is CCC/C=C/C/C=C/C/C=C/C/C=C/CCCCCC(=O)O[C@H](COC(=O)CCCCCCC/C=C/C=C/CCCCCC)COP(=O)(O)OCCN. The van der Waals surface area contributed by atoms with Gasteiger partial charge in [0.05, 0.1) is 13.2 Å². The monoisotopic (exact) mass is 764 g/mol. The molecule has 0 spiro atoms. The molecule has 53 heavy (non-hydrogen) atoms. The molecule has 3 N–H and O–H groups in total. The Labute approximate surface area is 322 Å². The van der Waals surface area contributed by atoms with Crippen molar-refractivity contribution in [2.24, 2.45) is 5.73 Å². The standard InChI is InChI=1S/C43H74NO8P/c1-3-5-7-9-11-13-15-17-19-20-22-24-26-28-30-32-34-36-43(46)52-41(40-51-53(47,48)50-38-37-44)39-49-42(45)35-33-31-29-27-25-23-21-18-16-14-12-10-8-6-4-2/h7,9,13-16,18-21,24,26,41H,3-6,8,10-12,17,22-23,25,27-40,44H2,1-2H3,(H,47,48)/b9-7+,15-13+,16-14+,20-19+,21-18+,26-24+/t41-/m1/s1. The van der Waals surface area contributed by atoms with Crippen LogP contribution >= 0.6 is 7.82 Å². The lowest BCUT2D eigenvalue weighted by molar-refractivity contribution is -0.161. The number of hydrogen-bond acceptors (Lipinski definition) is 8. The summed E-state index contributed by atoms with van der Waals surface area (Å²) in [7, 11) is -4.39. The molecule has 0 aromatic rings. The minimum atomic E-state index is -4.39. The minimum absolute atomic E-state index is 0.0419. The number of hydrogen-bond donors (Lipinski definition) is 2. The highest BCUT2D eigenvalue weighted by Crippen LogP contribution is 2.43. The maximum Gasteiger partial charge on any atom is 0.472 e. The summed E-state index contributed by atoms with van der Waals surface area (Å²) in [6.45, 7) is 3.56. The third kappa shape index (κ3) is 39.0. The maximum atomic E-state index is 12.5. The Morgan fingerprint density at radius 2 is 1.08 bits per heavy atom. The first-order valence-corrected chi connectivity index (χ1v) is 21.9. The first-order valence-electron chi connectivity index (χ1n) is 20.4. The van der Waals surface area contributed by atoms with Gasteiger partial charge in [-0.3, -0.25) is 18.6 Å². The van der Waals surface area contributed by atoms with Crippen LogP contribution in [0.15, 0.2) is 72.9 Å². The Hall–Kier alpha value is -2.55. The van der Waals surface area contributed by atoms with E-state index in [1.165, 1.54) is 32.1 Å². The molecule has 0 amide bonds. The average molecular weight is 764 g/mol. The van der Waals surface area contributed by atoms with E-state index in [0.29, 0.717) is 12.8 Å². The summed E-state index contributed by atoms with van der Waals surface area (Å²) >= 11 is 0. The van der Waals surface area contributed by atoms with Crippen LogP contribution in [-0.4, -0.2) is 49.3 Å². The van der Waals surface area contributed by atoms with E-state index in [9.17, 15) is 19.0 Å². The second-order valence-electron chi connectivity index (χ2n) is 13.2. The summed E-state index contributed by atoms with van der Waals surface area (Å²) < 4.78 is 32.7. The van der Waals surface area contributed by atoms with E-state index in [1.807, 2.05) is 0 Å². The fourth-order valence-electron chi connectivity index (χ4n) is 5.03. The normalized spacial score (nSPS) is 14.1. The number of unbranched alkanes of at least 4 members (excludes halogenated alkanes) is 13. The van der Waals surface area contributed by atoms with Crippen molar-refractivity contribution in [1.29, 1.82) is 0 Å². The lowest BCUT2D eigenvalue weighted by Crippen LogP contribution is -2.29. The number of allylic oxidation sites excluding steroid dienone is 12. The van der Waals surface area contributed by atoms with Crippen LogP contribution in [0.3, 0.4) is 0 Å². The third-order valence-electron chi connectivity index (χ3n) is 8.07. The minimum Gasteiger partial charge on any atom is -0.462 e. The molecule has 0 aliphatic heterocycles. The van der Waals surface area contributed by atoms with Crippen LogP contribution in [0.4, 0.5) is 0 Å². The molecule has 304 valence electrons. The Balaban J connectivity index is 4.30. The Morgan fingerprint density at radius 1 is 0.585 bits per heavy atom. The topological polar surface area (TPSA) is 134 Å². The van der Waals surface area contributed by atoms with Gasteiger partial charge in [0.2, 0.25) is 0 Å². The van der Waals surface area contributed by atoms with Crippen LogP contribution in [0.1, 0.15) is 155 Å². The first-order chi connectivity index (χ1) is 25.8. The highest BCUT2D eigenvalue weighted by molar-refractivity contribution is 7.47. The van der Waals surface area contributed by atoms with Crippen LogP contribution in [0.25, 0.3) is 0 Å². The fraction of sp³-hybridized carbons (Fsp3) is 0.674. The van der Waals surface area contributed by atoms with Crippen molar-refractivity contribution in [1.82, 2.24) is 0 Å². The molecule has 0 fully saturated rings. The van der Waals surface area contributed by atoms with E-state index >= 15 is 0 Å². The van der Waals surface area contributed by atoms with E-state index in [1.54, 1.807) is 0 Å². The zero-order valence-corrected chi connectivity index (χ0v) is 34.1. The summed E-state index contributed by atoms with van der Waals surface area (Å²) in [5.41, 5.74) is 5.34. The summed E-state index contributed by atoms with van der Waals surface area (Å²) in [5, 5.41) is 0. The number of nitrogens with two attached hydrogens (primary N) is 1. The highest BCUT2D eigenvalue weighted by atomic mass is 31.2. The molecule has 0 heterocycles. The van der Waals surface area contributed by atoms with E-state index < -0.39 is 32.5 Å². The third-order valence-corrected chi connectivity index (χ3v) is 9.06. The fourth-order valence-corrected chi connectivity index (χ4v) is 5.79. The van der Waals surface area contributed by atoms with Gasteiger partial charge in [0.25, 0.3) is 0 Å². The van der Waals surface area contributed by atoms with Crippen molar-refractivity contribution in [2.75, 3.05) is 26.4 Å². The van der Waals surface area contributed by atoms with Crippen LogP contribution in [0.5, 0.6) is 0 Å². The van der Waals surface area contributed by atoms with Gasteiger partial charge in [-0.15, -0.1) is 0 Å². The average Bonchev–Trinajstić information content (AvgIpc) is 3.14. The number of carbonyl (C=O) groups excluding carboxylic acids is 2. The molecular formula is C43H74NO8P. The van der Waals surface area contributed by atoms with E-state index in [4.69, 9.17) is 24.3 Å². The molecule has 0 saturated heterocycles. The largest absolute Gasteiger partial charge is 0.472 e. The predicted octanol–water partition coefficient (Wildman–Crippen LogP) is 11.5. The first kappa shape index (κ1) is 50.5. The van der Waals surface area contributed by atoms with Gasteiger partial charge in [-0.1, -0.05) is 138 Å². The smallest absolute Gasteiger partial charge is 0.462 e. The molecule has 2 atom stereocenters. The lowest BCUT2D eigenvalue weighted by atomic mass is 10.1. The second kappa shape index (κ2) is 39.2. The van der Waals surface area contributed by atoms with Crippen LogP contribution in [0, 0.1) is 0 Å². The van der Waals surface area contributed by atoms with Gasteiger partial charge in [0.1, 0.15) is 6.61 Å². The summed E-state index contributed by atoms with van der Waals surface area (Å²) in [6.07, 6.45) is 46.4. The van der Waals surface area contributed by atoms with E-state index in [2.05, 4.69) is 86.8 Å². The quantitative estimate of drug-likeness (QED) is 0.0208. The van der Waals surface area contributed by atoms with Crippen LogP contribution in [-0.2, 0) is 32.7 Å².